The topological polar surface area (TPSA) is 208 Å². The number of hydrogen-bond acceptors (Lipinski definition) is 14. The highest BCUT2D eigenvalue weighted by Gasteiger charge is 2.10. The summed E-state index contributed by atoms with van der Waals surface area (Å²) in [5, 5.41) is 21.6. The first-order valence-electron chi connectivity index (χ1n) is 32.1. The van der Waals surface area contributed by atoms with Crippen molar-refractivity contribution in [3.63, 3.8) is 0 Å². The van der Waals surface area contributed by atoms with Crippen LogP contribution in [0.1, 0.15) is 198 Å². The van der Waals surface area contributed by atoms with Gasteiger partial charge in [0, 0.05) is 59.0 Å². The van der Waals surface area contributed by atoms with Gasteiger partial charge in [-0.15, -0.1) is 0 Å². The molecule has 6 aromatic rings. The van der Waals surface area contributed by atoms with E-state index in [0.29, 0.717) is 55.1 Å². The maximum Gasteiger partial charge on any atom is 0.337 e. The lowest BCUT2D eigenvalue weighted by Crippen LogP contribution is -2.25. The minimum Gasteiger partial charge on any atom is -0.481 e. The molecule has 0 fully saturated rings. The number of carbonyl (C=O) groups is 6. The largest absolute Gasteiger partial charge is 0.481 e. The Bertz CT molecular complexity index is 2710. The number of carbonyl (C=O) groups excluding carboxylic acids is 4. The van der Waals surface area contributed by atoms with Crippen molar-refractivity contribution in [2.45, 2.75) is 172 Å². The number of Topliss-reactive ketones (excluding diaryl/α,β-unsaturated/α-hetero) is 2. The molecule has 536 valence electrons. The van der Waals surface area contributed by atoms with E-state index in [-0.39, 0.29) is 46.4 Å². The Kier molecular flexibility index (Phi) is 64.5. The number of unbranched alkanes of at least 4 members (excludes halogenated alkanes) is 3. The predicted molar refractivity (Wildman–Crippen MR) is 398 cm³/mol. The number of nitrogens with one attached hydrogen (secondary N) is 1. The van der Waals surface area contributed by atoms with Crippen molar-refractivity contribution >= 4 is 51.4 Å². The molecule has 0 radical (unpaired) electrons. The summed E-state index contributed by atoms with van der Waals surface area (Å²) in [7, 11) is 7.87. The summed E-state index contributed by atoms with van der Waals surface area (Å²) in [5.41, 5.74) is 8.53. The number of esters is 2. The number of ketones is 2. The van der Waals surface area contributed by atoms with Crippen LogP contribution in [0.25, 0.3) is 0 Å². The van der Waals surface area contributed by atoms with Crippen molar-refractivity contribution in [3.05, 3.63) is 214 Å². The van der Waals surface area contributed by atoms with Gasteiger partial charge in [-0.3, -0.25) is 14.6 Å². The molecule has 0 unspecified atom stereocenters. The van der Waals surface area contributed by atoms with E-state index >= 15 is 0 Å². The number of aliphatic carboxylic acids is 1. The van der Waals surface area contributed by atoms with Crippen molar-refractivity contribution in [2.24, 2.45) is 0 Å². The molecule has 96 heavy (non-hydrogen) atoms. The van der Waals surface area contributed by atoms with Gasteiger partial charge in [0.05, 0.1) is 50.7 Å². The van der Waals surface area contributed by atoms with Gasteiger partial charge in [-0.1, -0.05) is 186 Å². The Hall–Kier alpha value is -7.22. The molecule has 17 heteroatoms. The van der Waals surface area contributed by atoms with E-state index in [2.05, 4.69) is 56.6 Å². The molecule has 0 aliphatic carbocycles. The molecular formula is C79H120BrN3O13. The normalized spacial score (nSPS) is 9.80. The van der Waals surface area contributed by atoms with Gasteiger partial charge in [-0.25, -0.2) is 14.4 Å². The average Bonchev–Trinajstić information content (AvgIpc) is 1.00. The molecule has 3 N–H and O–H groups in total. The first-order valence-corrected chi connectivity index (χ1v) is 33.2. The third-order valence-corrected chi connectivity index (χ3v) is 14.0. The Morgan fingerprint density at radius 3 is 1.02 bits per heavy atom. The van der Waals surface area contributed by atoms with Crippen LogP contribution >= 0.6 is 15.9 Å². The van der Waals surface area contributed by atoms with Crippen LogP contribution in [0.15, 0.2) is 164 Å². The summed E-state index contributed by atoms with van der Waals surface area (Å²) in [4.78, 5) is 69.8. The second-order valence-corrected chi connectivity index (χ2v) is 22.3. The highest BCUT2D eigenvalue weighted by atomic mass is 79.9. The van der Waals surface area contributed by atoms with Crippen molar-refractivity contribution < 1.29 is 62.7 Å². The van der Waals surface area contributed by atoms with E-state index in [1.165, 1.54) is 42.9 Å². The van der Waals surface area contributed by atoms with Crippen molar-refractivity contribution in [1.29, 1.82) is 0 Å². The fraction of sp³-hybridized carbons (Fsp3) is 0.468. The highest BCUT2D eigenvalue weighted by molar-refractivity contribution is 9.08. The Morgan fingerprint density at radius 1 is 0.396 bits per heavy atom. The molecule has 6 aromatic carbocycles. The van der Waals surface area contributed by atoms with Crippen LogP contribution in [0.4, 0.5) is 0 Å². The first kappa shape index (κ1) is 95.2. The van der Waals surface area contributed by atoms with Gasteiger partial charge >= 0.3 is 23.9 Å². The maximum atomic E-state index is 11.4. The molecule has 0 saturated heterocycles. The second-order valence-electron chi connectivity index (χ2n) is 21.7. The van der Waals surface area contributed by atoms with Crippen molar-refractivity contribution in [3.8, 4) is 0 Å². The van der Waals surface area contributed by atoms with Crippen LogP contribution in [-0.4, -0.2) is 130 Å². The number of benzene rings is 6. The summed E-state index contributed by atoms with van der Waals surface area (Å²) >= 11 is 3.32. The number of aromatic carboxylic acids is 1. The molecule has 0 amide bonds. The number of methoxy groups -OCH3 is 5. The van der Waals surface area contributed by atoms with E-state index in [4.69, 9.17) is 29.2 Å². The number of carboxylic acid groups (broad SMARTS) is 2. The van der Waals surface area contributed by atoms with Crippen LogP contribution in [0.3, 0.4) is 0 Å². The van der Waals surface area contributed by atoms with E-state index in [1.54, 1.807) is 71.6 Å². The predicted octanol–water partition coefficient (Wildman–Crippen LogP) is 17.8. The van der Waals surface area contributed by atoms with Gasteiger partial charge in [-0.05, 0) is 181 Å². The number of rotatable bonds is 35. The number of alkyl halides is 1. The minimum atomic E-state index is -0.916. The van der Waals surface area contributed by atoms with Gasteiger partial charge in [0.25, 0.3) is 0 Å². The zero-order valence-electron chi connectivity index (χ0n) is 57.2. The fourth-order valence-corrected chi connectivity index (χ4v) is 9.00. The second kappa shape index (κ2) is 65.1. The number of nitrogens with zero attached hydrogens (tertiary/aromatic N) is 2. The van der Waals surface area contributed by atoms with Gasteiger partial charge in [0.1, 0.15) is 11.6 Å². The molecule has 0 aliphatic rings. The fourth-order valence-electron chi connectivity index (χ4n) is 8.62. The van der Waals surface area contributed by atoms with Gasteiger partial charge in [-0.2, -0.15) is 0 Å². The smallest absolute Gasteiger partial charge is 0.337 e. The summed E-state index contributed by atoms with van der Waals surface area (Å²) in [6.07, 6.45) is 10.7. The molecule has 6 rings (SSSR count). The summed E-state index contributed by atoms with van der Waals surface area (Å²) < 4.78 is 24.0. The first-order chi connectivity index (χ1) is 44.9. The van der Waals surface area contributed by atoms with E-state index in [9.17, 15) is 28.8 Å². The molecule has 0 atom stereocenters. The number of hydrogen-bond donors (Lipinski definition) is 3. The number of ether oxygens (including phenoxy) is 5. The number of halogens is 1. The number of carboxylic acids is 2. The lowest BCUT2D eigenvalue weighted by Gasteiger charge is -2.21. The van der Waals surface area contributed by atoms with E-state index in [1.807, 2.05) is 127 Å². The molecule has 0 spiro atoms. The molecule has 0 bridgehead atoms. The van der Waals surface area contributed by atoms with E-state index in [0.717, 1.165) is 120 Å². The molecule has 0 aromatic heterocycles. The third-order valence-electron chi connectivity index (χ3n) is 13.4. The van der Waals surface area contributed by atoms with Crippen molar-refractivity contribution in [1.82, 2.24) is 15.1 Å². The maximum absolute atomic E-state index is 11.4. The monoisotopic (exact) mass is 1400 g/mol. The van der Waals surface area contributed by atoms with Crippen LogP contribution in [-0.2, 0) is 76.3 Å². The van der Waals surface area contributed by atoms with Gasteiger partial charge in [0.2, 0.25) is 0 Å². The third kappa shape index (κ3) is 53.0. The Labute approximate surface area is 587 Å². The summed E-state index contributed by atoms with van der Waals surface area (Å²) in [5.74, 6) is -1.69. The lowest BCUT2D eigenvalue weighted by molar-refractivity contribution is -0.137. The van der Waals surface area contributed by atoms with Crippen LogP contribution in [0, 0.1) is 0 Å². The zero-order valence-corrected chi connectivity index (χ0v) is 58.8. The highest BCUT2D eigenvalue weighted by Crippen LogP contribution is 2.13. The van der Waals surface area contributed by atoms with Gasteiger partial charge < -0.3 is 48.8 Å². The summed E-state index contributed by atoms with van der Waals surface area (Å²) in [6, 6.07) is 52.1. The quantitative estimate of drug-likeness (QED) is 0.0192. The molecule has 0 aliphatic heterocycles. The van der Waals surface area contributed by atoms with Crippen molar-refractivity contribution in [2.75, 3.05) is 74.8 Å². The zero-order chi connectivity index (χ0) is 69.1. The average molecular weight is 1400 g/mol. The molecular weight excluding hydrogens is 1280 g/mol. The molecule has 0 heterocycles. The van der Waals surface area contributed by atoms with E-state index < -0.39 is 11.9 Å². The summed E-state index contributed by atoms with van der Waals surface area (Å²) in [6.45, 7) is 19.5. The Balaban J connectivity index is -0.000000528. The van der Waals surface area contributed by atoms with Crippen LogP contribution in [0.5, 0.6) is 0 Å². The van der Waals surface area contributed by atoms with Crippen LogP contribution < -0.4 is 5.32 Å². The lowest BCUT2D eigenvalue weighted by atomic mass is 10.1. The molecule has 0 saturated carbocycles. The minimum absolute atomic E-state index is 0. The van der Waals surface area contributed by atoms with Crippen LogP contribution in [0.2, 0.25) is 0 Å². The van der Waals surface area contributed by atoms with Gasteiger partial charge in [0.15, 0.2) is 0 Å². The Morgan fingerprint density at radius 2 is 0.729 bits per heavy atom. The molecule has 16 nitrogen and oxygen atoms in total. The SMILES string of the molecule is C.C.C.CCCN(CCCCC(=O)O)Cc1ccc(C(=O)O)cc1.CCCN(CCCCC(C)=O)Cc1ccc(C(=O)OC)cc1.CCCNCCCCC(C)=O.COC(=O)c1ccc(CBr)cc1.COCc1ccccc1.COCc1ccccc1.COCc1ccccc1. The standard InChI is InChI=1S/C18H27NO3.C16H23NO4.C9H9BrO2.C9H19NO.3C8H10O.3CH4/c1-4-12-19(13-6-5-7-15(2)20)14-16-8-10-17(11-9-16)18(21)22-3;1-2-10-17(11-4-3-5-15(18)19)12-13-6-8-14(9-7-13)16(20)21;1-12-9(11)8-4-2-7(6-10)3-5-8;1-3-7-10-8-5-4-6-9(2)11;3*1-9-7-8-5-3-2-4-6-8;;;/h8-11H,4-7,12-14H2,1-3H3;6-9H,2-5,10-12H2,1H3,(H,18,19)(H,20,21);2-5H,6H2,1H3;10H,3-8H2,1-2H3;3*2-6H,7H2,1H3;3*1H4.